The Labute approximate surface area is 144 Å². The van der Waals surface area contributed by atoms with E-state index < -0.39 is 0 Å². The van der Waals surface area contributed by atoms with Crippen molar-refractivity contribution in [1.29, 1.82) is 0 Å². The Bertz CT molecular complexity index is 805. The van der Waals surface area contributed by atoms with E-state index in [1.54, 1.807) is 0 Å². The molecule has 4 rings (SSSR count). The van der Waals surface area contributed by atoms with E-state index >= 15 is 0 Å². The molecule has 0 amide bonds. The van der Waals surface area contributed by atoms with Gasteiger partial charge in [-0.25, -0.2) is 9.50 Å². The van der Waals surface area contributed by atoms with Crippen molar-refractivity contribution in [3.05, 3.63) is 24.3 Å². The lowest BCUT2D eigenvalue weighted by Crippen LogP contribution is -2.15. The second kappa shape index (κ2) is 5.86. The number of aromatic nitrogens is 5. The van der Waals surface area contributed by atoms with Crippen molar-refractivity contribution < 1.29 is 4.74 Å². The Hall–Kier alpha value is -1.93. The largest absolute Gasteiger partial charge is 0.376 e. The maximum atomic E-state index is 5.65. The van der Waals surface area contributed by atoms with Crippen LogP contribution in [0.25, 0.3) is 4.96 Å². The predicted octanol–water partition coefficient (Wildman–Crippen LogP) is 3.21. The highest BCUT2D eigenvalue weighted by atomic mass is 32.1. The van der Waals surface area contributed by atoms with Gasteiger partial charge in [0.25, 0.3) is 0 Å². The molecule has 0 radical (unpaired) electrons. The van der Waals surface area contributed by atoms with E-state index in [-0.39, 0.29) is 11.5 Å². The summed E-state index contributed by atoms with van der Waals surface area (Å²) in [6.45, 7) is 8.13. The smallest absolute Gasteiger partial charge is 0.214 e. The summed E-state index contributed by atoms with van der Waals surface area (Å²) in [4.78, 5) is 5.56. The van der Waals surface area contributed by atoms with Gasteiger partial charge in [0.05, 0.1) is 36.4 Å². The first kappa shape index (κ1) is 15.6. The molecule has 1 aliphatic heterocycles. The quantitative estimate of drug-likeness (QED) is 0.785. The monoisotopic (exact) mass is 346 g/mol. The molecule has 0 aromatic carbocycles. The van der Waals surface area contributed by atoms with Crippen LogP contribution in [0.4, 0.5) is 10.8 Å². The van der Waals surface area contributed by atoms with E-state index in [0.29, 0.717) is 0 Å². The minimum atomic E-state index is 0.0322. The standard InChI is InChI=1S/C16H22N6OS/c1-16(2,3)13-10-22-15(19-13)24-14(20-22)18-11-7-17-21(8-11)9-12-5-4-6-23-12/h7-8,10,12H,4-6,9H2,1-3H3,(H,18,20)/t12-/m0/s1. The number of nitrogens with one attached hydrogen (secondary N) is 1. The van der Waals surface area contributed by atoms with Crippen molar-refractivity contribution in [2.24, 2.45) is 0 Å². The molecule has 128 valence electrons. The van der Waals surface area contributed by atoms with Gasteiger partial charge in [0, 0.05) is 18.2 Å². The summed E-state index contributed by atoms with van der Waals surface area (Å²) in [6.07, 6.45) is 8.36. The molecular weight excluding hydrogens is 324 g/mol. The van der Waals surface area contributed by atoms with E-state index in [2.05, 4.69) is 41.3 Å². The first-order valence-corrected chi connectivity index (χ1v) is 9.07. The van der Waals surface area contributed by atoms with Crippen LogP contribution in [0.15, 0.2) is 18.6 Å². The third-order valence-electron chi connectivity index (χ3n) is 4.11. The Balaban J connectivity index is 1.46. The lowest BCUT2D eigenvalue weighted by molar-refractivity contribution is 0.0940. The molecule has 4 heterocycles. The number of ether oxygens (including phenoxy) is 1. The lowest BCUT2D eigenvalue weighted by atomic mass is 9.93. The molecule has 0 aliphatic carbocycles. The van der Waals surface area contributed by atoms with Crippen molar-refractivity contribution in [1.82, 2.24) is 24.4 Å². The van der Waals surface area contributed by atoms with Gasteiger partial charge in [-0.2, -0.15) is 5.10 Å². The summed E-state index contributed by atoms with van der Waals surface area (Å²) in [6, 6.07) is 0. The zero-order valence-electron chi connectivity index (χ0n) is 14.2. The fraction of sp³-hybridized carbons (Fsp3) is 0.562. The Kier molecular flexibility index (Phi) is 3.80. The van der Waals surface area contributed by atoms with Gasteiger partial charge in [-0.1, -0.05) is 32.1 Å². The van der Waals surface area contributed by atoms with Crippen molar-refractivity contribution >= 4 is 27.1 Å². The van der Waals surface area contributed by atoms with Gasteiger partial charge in [0.1, 0.15) is 0 Å². The molecule has 1 fully saturated rings. The zero-order valence-corrected chi connectivity index (χ0v) is 15.0. The van der Waals surface area contributed by atoms with Crippen LogP contribution in [0.3, 0.4) is 0 Å². The zero-order chi connectivity index (χ0) is 16.7. The summed E-state index contributed by atoms with van der Waals surface area (Å²) in [5, 5.41) is 13.1. The van der Waals surface area contributed by atoms with E-state index in [9.17, 15) is 0 Å². The molecule has 3 aromatic heterocycles. The van der Waals surface area contributed by atoms with Crippen LogP contribution in [0, 0.1) is 0 Å². The molecule has 0 unspecified atom stereocenters. The average molecular weight is 346 g/mol. The number of fused-ring (bicyclic) bond motifs is 1. The number of hydrogen-bond acceptors (Lipinski definition) is 6. The third-order valence-corrected chi connectivity index (χ3v) is 4.95. The molecule has 1 aliphatic rings. The maximum Gasteiger partial charge on any atom is 0.214 e. The SMILES string of the molecule is CC(C)(C)c1cn2nc(Nc3cnn(C[C@@H]4CCCO4)c3)sc2n1. The number of rotatable bonds is 4. The third kappa shape index (κ3) is 3.16. The Morgan fingerprint density at radius 1 is 1.38 bits per heavy atom. The highest BCUT2D eigenvalue weighted by Crippen LogP contribution is 2.27. The lowest BCUT2D eigenvalue weighted by Gasteiger charge is -2.13. The van der Waals surface area contributed by atoms with Gasteiger partial charge in [-0.15, -0.1) is 5.10 Å². The number of hydrogen-bond donors (Lipinski definition) is 1. The molecule has 0 bridgehead atoms. The topological polar surface area (TPSA) is 69.3 Å². The molecule has 1 saturated heterocycles. The van der Waals surface area contributed by atoms with Gasteiger partial charge in [-0.3, -0.25) is 4.68 Å². The second-order valence-corrected chi connectivity index (χ2v) is 8.18. The number of nitrogens with zero attached hydrogens (tertiary/aromatic N) is 5. The van der Waals surface area contributed by atoms with Crippen LogP contribution >= 0.6 is 11.3 Å². The highest BCUT2D eigenvalue weighted by Gasteiger charge is 2.20. The normalized spacial score (nSPS) is 18.5. The summed E-state index contributed by atoms with van der Waals surface area (Å²) < 4.78 is 9.41. The summed E-state index contributed by atoms with van der Waals surface area (Å²) >= 11 is 1.54. The highest BCUT2D eigenvalue weighted by molar-refractivity contribution is 7.20. The van der Waals surface area contributed by atoms with Gasteiger partial charge >= 0.3 is 0 Å². The van der Waals surface area contributed by atoms with Crippen LogP contribution < -0.4 is 5.32 Å². The molecular formula is C16H22N6OS. The van der Waals surface area contributed by atoms with Crippen LogP contribution in [-0.4, -0.2) is 37.1 Å². The van der Waals surface area contributed by atoms with Gasteiger partial charge < -0.3 is 10.1 Å². The van der Waals surface area contributed by atoms with Crippen LogP contribution in [0.2, 0.25) is 0 Å². The molecule has 0 spiro atoms. The van der Waals surface area contributed by atoms with Crippen molar-refractivity contribution in [2.45, 2.75) is 51.7 Å². The minimum absolute atomic E-state index is 0.0322. The van der Waals surface area contributed by atoms with E-state index in [0.717, 1.165) is 47.5 Å². The van der Waals surface area contributed by atoms with Gasteiger partial charge in [-0.05, 0) is 12.8 Å². The Morgan fingerprint density at radius 2 is 2.25 bits per heavy atom. The average Bonchev–Trinajstić information content (AvgIpc) is 3.22. The maximum absolute atomic E-state index is 5.65. The fourth-order valence-electron chi connectivity index (χ4n) is 2.76. The van der Waals surface area contributed by atoms with Crippen molar-refractivity contribution in [3.8, 4) is 0 Å². The predicted molar refractivity (Wildman–Crippen MR) is 94.0 cm³/mol. The molecule has 0 saturated carbocycles. The first-order chi connectivity index (χ1) is 11.5. The number of imidazole rings is 1. The van der Waals surface area contributed by atoms with Gasteiger partial charge in [0.2, 0.25) is 10.1 Å². The molecule has 1 atom stereocenters. The van der Waals surface area contributed by atoms with Crippen LogP contribution in [0.1, 0.15) is 39.3 Å². The van der Waals surface area contributed by atoms with Crippen LogP contribution in [0.5, 0.6) is 0 Å². The van der Waals surface area contributed by atoms with E-state index in [1.807, 2.05) is 27.8 Å². The van der Waals surface area contributed by atoms with Gasteiger partial charge in [0.15, 0.2) is 0 Å². The molecule has 8 heteroatoms. The second-order valence-electron chi connectivity index (χ2n) is 7.22. The molecule has 24 heavy (non-hydrogen) atoms. The Morgan fingerprint density at radius 3 is 2.96 bits per heavy atom. The van der Waals surface area contributed by atoms with Crippen molar-refractivity contribution in [2.75, 3.05) is 11.9 Å². The minimum Gasteiger partial charge on any atom is -0.376 e. The van der Waals surface area contributed by atoms with E-state index in [1.165, 1.54) is 11.3 Å². The molecule has 7 nitrogen and oxygen atoms in total. The summed E-state index contributed by atoms with van der Waals surface area (Å²) in [5.74, 6) is 0. The van der Waals surface area contributed by atoms with E-state index in [4.69, 9.17) is 4.74 Å². The number of anilines is 2. The summed E-state index contributed by atoms with van der Waals surface area (Å²) in [7, 11) is 0. The molecule has 3 aromatic rings. The summed E-state index contributed by atoms with van der Waals surface area (Å²) in [5.41, 5.74) is 2.02. The van der Waals surface area contributed by atoms with Crippen molar-refractivity contribution in [3.63, 3.8) is 0 Å². The van der Waals surface area contributed by atoms with Crippen LogP contribution in [-0.2, 0) is 16.7 Å². The fourth-order valence-corrected chi connectivity index (χ4v) is 3.56. The first-order valence-electron chi connectivity index (χ1n) is 8.25. The molecule has 1 N–H and O–H groups in total.